The lowest BCUT2D eigenvalue weighted by Gasteiger charge is -2.37. The van der Waals surface area contributed by atoms with Gasteiger partial charge in [-0.15, -0.1) is 0 Å². The van der Waals surface area contributed by atoms with Crippen LogP contribution in [-0.4, -0.2) is 73.6 Å². The van der Waals surface area contributed by atoms with Crippen molar-refractivity contribution in [2.24, 2.45) is 0 Å². The number of hydrogen-bond acceptors (Lipinski definition) is 4. The van der Waals surface area contributed by atoms with E-state index >= 15 is 0 Å². The average Bonchev–Trinajstić information content (AvgIpc) is 2.85. The minimum atomic E-state index is -0.167. The van der Waals surface area contributed by atoms with Gasteiger partial charge in [-0.05, 0) is 50.6 Å². The molecule has 176 valence electrons. The highest BCUT2D eigenvalue weighted by Gasteiger charge is 2.27. The third kappa shape index (κ3) is 5.85. The minimum absolute atomic E-state index is 0.122. The number of aryl methyl sites for hydroxylation is 1. The van der Waals surface area contributed by atoms with Crippen molar-refractivity contribution >= 4 is 23.3 Å². The lowest BCUT2D eigenvalue weighted by molar-refractivity contribution is 0.0644. The van der Waals surface area contributed by atoms with Crippen molar-refractivity contribution in [3.63, 3.8) is 0 Å². The van der Waals surface area contributed by atoms with Gasteiger partial charge in [0, 0.05) is 56.7 Å². The SMILES string of the molecule is CCN1CCN(C(=O)c2ccccc2N2CCC(NC(=O)Nc3ccc(C)cc3)CC2)CC1. The van der Waals surface area contributed by atoms with Gasteiger partial charge in [-0.2, -0.15) is 0 Å². The summed E-state index contributed by atoms with van der Waals surface area (Å²) in [4.78, 5) is 32.3. The number of benzene rings is 2. The third-order valence-electron chi connectivity index (χ3n) is 6.72. The lowest BCUT2D eigenvalue weighted by atomic mass is 10.0. The zero-order valence-electron chi connectivity index (χ0n) is 19.7. The second-order valence-electron chi connectivity index (χ2n) is 8.97. The maximum Gasteiger partial charge on any atom is 0.319 e. The van der Waals surface area contributed by atoms with E-state index in [1.807, 2.05) is 60.4 Å². The van der Waals surface area contributed by atoms with E-state index in [0.717, 1.165) is 81.2 Å². The number of nitrogens with zero attached hydrogens (tertiary/aromatic N) is 3. The van der Waals surface area contributed by atoms with Gasteiger partial charge in [-0.1, -0.05) is 36.8 Å². The summed E-state index contributed by atoms with van der Waals surface area (Å²) in [6, 6.07) is 15.7. The molecule has 0 atom stereocenters. The maximum absolute atomic E-state index is 13.3. The fourth-order valence-electron chi connectivity index (χ4n) is 4.62. The lowest BCUT2D eigenvalue weighted by Crippen LogP contribution is -2.49. The first-order chi connectivity index (χ1) is 16.0. The summed E-state index contributed by atoms with van der Waals surface area (Å²) in [5.74, 6) is 0.124. The topological polar surface area (TPSA) is 67.9 Å². The Hall–Kier alpha value is -3.06. The van der Waals surface area contributed by atoms with E-state index in [-0.39, 0.29) is 18.0 Å². The maximum atomic E-state index is 13.3. The highest BCUT2D eigenvalue weighted by atomic mass is 16.2. The molecular weight excluding hydrogens is 414 g/mol. The number of anilines is 2. The number of nitrogens with one attached hydrogen (secondary N) is 2. The van der Waals surface area contributed by atoms with Crippen molar-refractivity contribution < 1.29 is 9.59 Å². The molecule has 0 bridgehead atoms. The van der Waals surface area contributed by atoms with Crippen LogP contribution < -0.4 is 15.5 Å². The van der Waals surface area contributed by atoms with Gasteiger partial charge < -0.3 is 25.3 Å². The standard InChI is InChI=1S/C26H35N5O2/c1-3-29-16-18-31(19-17-29)25(32)23-6-4-5-7-24(23)30-14-12-22(13-15-30)28-26(33)27-21-10-8-20(2)9-11-21/h4-11,22H,3,12-19H2,1-2H3,(H2,27,28,33). The van der Waals surface area contributed by atoms with E-state index in [4.69, 9.17) is 0 Å². The first-order valence-electron chi connectivity index (χ1n) is 12.0. The molecule has 2 aromatic carbocycles. The van der Waals surface area contributed by atoms with Crippen molar-refractivity contribution in [2.75, 3.05) is 56.0 Å². The van der Waals surface area contributed by atoms with Crippen LogP contribution in [0, 0.1) is 6.92 Å². The average molecular weight is 450 g/mol. The Kier molecular flexibility index (Phi) is 7.50. The summed E-state index contributed by atoms with van der Waals surface area (Å²) in [6.45, 7) is 10.3. The van der Waals surface area contributed by atoms with Gasteiger partial charge in [-0.3, -0.25) is 4.79 Å². The second kappa shape index (κ2) is 10.7. The molecular formula is C26H35N5O2. The fraction of sp³-hybridized carbons (Fsp3) is 0.462. The molecule has 3 amide bonds. The molecule has 0 aliphatic carbocycles. The molecule has 2 aliphatic heterocycles. The smallest absolute Gasteiger partial charge is 0.319 e. The molecule has 33 heavy (non-hydrogen) atoms. The van der Waals surface area contributed by atoms with Crippen LogP contribution in [0.25, 0.3) is 0 Å². The zero-order valence-corrected chi connectivity index (χ0v) is 19.7. The molecule has 2 aliphatic rings. The highest BCUT2D eigenvalue weighted by Crippen LogP contribution is 2.26. The predicted molar refractivity (Wildman–Crippen MR) is 133 cm³/mol. The normalized spacial score (nSPS) is 17.6. The Morgan fingerprint density at radius 1 is 0.909 bits per heavy atom. The van der Waals surface area contributed by atoms with Crippen LogP contribution in [0.1, 0.15) is 35.7 Å². The van der Waals surface area contributed by atoms with E-state index in [2.05, 4.69) is 27.4 Å². The predicted octanol–water partition coefficient (Wildman–Crippen LogP) is 3.56. The summed E-state index contributed by atoms with van der Waals surface area (Å²) in [5, 5.41) is 6.01. The number of rotatable bonds is 5. The van der Waals surface area contributed by atoms with Gasteiger partial charge in [0.25, 0.3) is 5.91 Å². The van der Waals surface area contributed by atoms with Gasteiger partial charge in [0.15, 0.2) is 0 Å². The van der Waals surface area contributed by atoms with Gasteiger partial charge in [0.1, 0.15) is 0 Å². The fourth-order valence-corrected chi connectivity index (χ4v) is 4.62. The summed E-state index contributed by atoms with van der Waals surface area (Å²) < 4.78 is 0. The van der Waals surface area contributed by atoms with Gasteiger partial charge in [0.05, 0.1) is 5.56 Å². The molecule has 2 N–H and O–H groups in total. The summed E-state index contributed by atoms with van der Waals surface area (Å²) >= 11 is 0. The molecule has 7 nitrogen and oxygen atoms in total. The molecule has 0 saturated carbocycles. The number of likely N-dealkylation sites (N-methyl/N-ethyl adjacent to an activating group) is 1. The Morgan fingerprint density at radius 2 is 1.58 bits per heavy atom. The van der Waals surface area contributed by atoms with Crippen molar-refractivity contribution in [1.82, 2.24) is 15.1 Å². The number of urea groups is 1. The largest absolute Gasteiger partial charge is 0.371 e. The van der Waals surface area contributed by atoms with Crippen molar-refractivity contribution in [3.8, 4) is 0 Å². The number of piperazine rings is 1. The minimum Gasteiger partial charge on any atom is -0.371 e. The van der Waals surface area contributed by atoms with Crippen LogP contribution in [0.2, 0.25) is 0 Å². The van der Waals surface area contributed by atoms with Crippen molar-refractivity contribution in [2.45, 2.75) is 32.7 Å². The summed E-state index contributed by atoms with van der Waals surface area (Å²) in [5.41, 5.74) is 3.74. The van der Waals surface area contributed by atoms with E-state index in [9.17, 15) is 9.59 Å². The molecule has 0 spiro atoms. The number of carbonyl (C=O) groups excluding carboxylic acids is 2. The van der Waals surface area contributed by atoms with E-state index in [1.165, 1.54) is 0 Å². The van der Waals surface area contributed by atoms with Crippen LogP contribution in [0.15, 0.2) is 48.5 Å². The van der Waals surface area contributed by atoms with Crippen molar-refractivity contribution in [1.29, 1.82) is 0 Å². The number of hydrogen-bond donors (Lipinski definition) is 2. The number of para-hydroxylation sites is 1. The molecule has 4 rings (SSSR count). The highest BCUT2D eigenvalue weighted by molar-refractivity contribution is 6.00. The molecule has 0 unspecified atom stereocenters. The van der Waals surface area contributed by atoms with Gasteiger partial charge in [0.2, 0.25) is 0 Å². The third-order valence-corrected chi connectivity index (χ3v) is 6.72. The first kappa shape index (κ1) is 23.1. The summed E-state index contributed by atoms with van der Waals surface area (Å²) in [6.07, 6.45) is 1.69. The number of piperidine rings is 1. The Morgan fingerprint density at radius 3 is 2.24 bits per heavy atom. The number of amides is 3. The van der Waals surface area contributed by atoms with Crippen LogP contribution in [0.3, 0.4) is 0 Å². The molecule has 2 heterocycles. The Bertz CT molecular complexity index is 945. The van der Waals surface area contributed by atoms with Crippen LogP contribution >= 0.6 is 0 Å². The second-order valence-corrected chi connectivity index (χ2v) is 8.97. The van der Waals surface area contributed by atoms with Gasteiger partial charge >= 0.3 is 6.03 Å². The number of carbonyl (C=O) groups is 2. The molecule has 7 heteroatoms. The van der Waals surface area contributed by atoms with Crippen LogP contribution in [0.4, 0.5) is 16.2 Å². The van der Waals surface area contributed by atoms with E-state index in [0.29, 0.717) is 0 Å². The van der Waals surface area contributed by atoms with E-state index < -0.39 is 0 Å². The molecule has 2 aromatic rings. The molecule has 2 saturated heterocycles. The molecule has 0 radical (unpaired) electrons. The molecule has 0 aromatic heterocycles. The molecule has 2 fully saturated rings. The van der Waals surface area contributed by atoms with Gasteiger partial charge in [-0.25, -0.2) is 4.79 Å². The monoisotopic (exact) mass is 449 g/mol. The Balaban J connectivity index is 1.32. The summed E-state index contributed by atoms with van der Waals surface area (Å²) in [7, 11) is 0. The first-order valence-corrected chi connectivity index (χ1v) is 12.0. The quantitative estimate of drug-likeness (QED) is 0.732. The van der Waals surface area contributed by atoms with E-state index in [1.54, 1.807) is 0 Å². The van der Waals surface area contributed by atoms with Crippen LogP contribution in [-0.2, 0) is 0 Å². The van der Waals surface area contributed by atoms with Crippen molar-refractivity contribution in [3.05, 3.63) is 59.7 Å². The van der Waals surface area contributed by atoms with Crippen LogP contribution in [0.5, 0.6) is 0 Å². The Labute approximate surface area is 196 Å². The zero-order chi connectivity index (χ0) is 23.2.